The molecule has 0 aliphatic rings. The second kappa shape index (κ2) is 4.91. The van der Waals surface area contributed by atoms with Gasteiger partial charge in [-0.25, -0.2) is 9.37 Å². The summed E-state index contributed by atoms with van der Waals surface area (Å²) in [6, 6.07) is 1.91. The van der Waals surface area contributed by atoms with E-state index in [4.69, 9.17) is 9.68 Å². The summed E-state index contributed by atoms with van der Waals surface area (Å²) in [6.45, 7) is 4.85. The van der Waals surface area contributed by atoms with Crippen LogP contribution in [-0.4, -0.2) is 4.98 Å². The number of nitrogens with zero attached hydrogens (tertiary/aromatic N) is 2. The van der Waals surface area contributed by atoms with Crippen LogP contribution in [0.2, 0.25) is 0 Å². The van der Waals surface area contributed by atoms with Crippen LogP contribution < -0.4 is 0 Å². The summed E-state index contributed by atoms with van der Waals surface area (Å²) in [6.07, 6.45) is 5.63. The normalized spacial score (nSPS) is 12.3. The van der Waals surface area contributed by atoms with Crippen LogP contribution in [0.25, 0.3) is 5.57 Å². The molecule has 76 valence electrons. The van der Waals surface area contributed by atoms with E-state index in [1.807, 2.05) is 6.07 Å². The Balaban J connectivity index is 3.16. The molecule has 0 spiro atoms. The molecule has 1 aromatic heterocycles. The largest absolute Gasteiger partial charge is 0.444 e. The van der Waals surface area contributed by atoms with Gasteiger partial charge in [0.25, 0.3) is 0 Å². The van der Waals surface area contributed by atoms with Gasteiger partial charge >= 0.3 is 0 Å². The summed E-state index contributed by atoms with van der Waals surface area (Å²) >= 11 is 0. The monoisotopic (exact) mass is 204 g/mol. The molecular formula is C11H9FN2O. The SMILES string of the molecule is C=C(F)/C(=C\C(C#N)=C/C)c1ncco1. The molecule has 0 radical (unpaired) electrons. The molecule has 0 saturated carbocycles. The zero-order chi connectivity index (χ0) is 11.3. The van der Waals surface area contributed by atoms with E-state index >= 15 is 0 Å². The van der Waals surface area contributed by atoms with Crippen LogP contribution in [0.1, 0.15) is 12.8 Å². The standard InChI is InChI=1S/C11H9FN2O/c1-3-9(7-13)6-10(8(2)12)11-14-4-5-15-11/h3-6H,2H2,1H3/b9-3+,10-6+. The maximum atomic E-state index is 13.1. The van der Waals surface area contributed by atoms with Crippen LogP contribution in [0.5, 0.6) is 0 Å². The van der Waals surface area contributed by atoms with Gasteiger partial charge in [-0.15, -0.1) is 0 Å². The van der Waals surface area contributed by atoms with E-state index in [0.29, 0.717) is 5.57 Å². The first-order valence-corrected chi connectivity index (χ1v) is 4.21. The van der Waals surface area contributed by atoms with E-state index in [-0.39, 0.29) is 11.5 Å². The molecule has 4 heteroatoms. The van der Waals surface area contributed by atoms with Crippen LogP contribution in [0.3, 0.4) is 0 Å². The summed E-state index contributed by atoms with van der Waals surface area (Å²) in [5, 5.41) is 8.69. The number of aromatic nitrogens is 1. The number of oxazole rings is 1. The van der Waals surface area contributed by atoms with Crippen molar-refractivity contribution in [3.05, 3.63) is 48.5 Å². The second-order valence-corrected chi connectivity index (χ2v) is 2.66. The molecule has 1 aromatic rings. The van der Waals surface area contributed by atoms with E-state index in [0.717, 1.165) is 0 Å². The van der Waals surface area contributed by atoms with Crippen LogP contribution in [0, 0.1) is 11.3 Å². The Bertz CT molecular complexity index is 449. The summed E-state index contributed by atoms with van der Waals surface area (Å²) in [5.41, 5.74) is 0.400. The topological polar surface area (TPSA) is 49.8 Å². The summed E-state index contributed by atoms with van der Waals surface area (Å²) in [7, 11) is 0. The molecule has 3 nitrogen and oxygen atoms in total. The number of hydrogen-bond donors (Lipinski definition) is 0. The lowest BCUT2D eigenvalue weighted by Crippen LogP contribution is -1.86. The summed E-state index contributed by atoms with van der Waals surface area (Å²) in [4.78, 5) is 3.79. The van der Waals surface area contributed by atoms with E-state index in [1.165, 1.54) is 18.5 Å². The van der Waals surface area contributed by atoms with Crippen molar-refractivity contribution in [2.75, 3.05) is 0 Å². The highest BCUT2D eigenvalue weighted by Gasteiger charge is 2.10. The van der Waals surface area contributed by atoms with Crippen LogP contribution in [0.4, 0.5) is 4.39 Å². The van der Waals surface area contributed by atoms with Crippen molar-refractivity contribution in [3.8, 4) is 6.07 Å². The molecular weight excluding hydrogens is 195 g/mol. The number of nitriles is 1. The third-order valence-electron chi connectivity index (χ3n) is 1.69. The number of hydrogen-bond acceptors (Lipinski definition) is 3. The average molecular weight is 204 g/mol. The molecule has 0 fully saturated rings. The lowest BCUT2D eigenvalue weighted by molar-refractivity contribution is 0.536. The van der Waals surface area contributed by atoms with E-state index in [2.05, 4.69) is 11.6 Å². The molecule has 0 bridgehead atoms. The van der Waals surface area contributed by atoms with E-state index in [9.17, 15) is 4.39 Å². The maximum Gasteiger partial charge on any atom is 0.228 e. The second-order valence-electron chi connectivity index (χ2n) is 2.66. The Morgan fingerprint density at radius 3 is 2.87 bits per heavy atom. The number of halogens is 1. The molecule has 0 atom stereocenters. The molecule has 0 aliphatic heterocycles. The van der Waals surface area contributed by atoms with Crippen LogP contribution >= 0.6 is 0 Å². The Morgan fingerprint density at radius 2 is 2.47 bits per heavy atom. The minimum atomic E-state index is -0.688. The van der Waals surface area contributed by atoms with Crippen molar-refractivity contribution in [2.45, 2.75) is 6.92 Å². The molecule has 1 heterocycles. The molecule has 15 heavy (non-hydrogen) atoms. The predicted molar refractivity (Wildman–Crippen MR) is 54.1 cm³/mol. The van der Waals surface area contributed by atoms with E-state index in [1.54, 1.807) is 13.0 Å². The van der Waals surface area contributed by atoms with Gasteiger partial charge in [-0.05, 0) is 13.0 Å². The zero-order valence-corrected chi connectivity index (χ0v) is 8.20. The third kappa shape index (κ3) is 2.64. The third-order valence-corrected chi connectivity index (χ3v) is 1.69. The Kier molecular flexibility index (Phi) is 3.58. The maximum absolute atomic E-state index is 13.1. The first-order chi connectivity index (χ1) is 7.19. The van der Waals surface area contributed by atoms with E-state index < -0.39 is 5.83 Å². The van der Waals surface area contributed by atoms with Gasteiger partial charge < -0.3 is 4.42 Å². The van der Waals surface area contributed by atoms with Crippen LogP contribution in [-0.2, 0) is 0 Å². The Morgan fingerprint density at radius 1 is 1.73 bits per heavy atom. The van der Waals surface area contributed by atoms with Gasteiger partial charge in [0, 0.05) is 5.57 Å². The van der Waals surface area contributed by atoms with Crippen molar-refractivity contribution < 1.29 is 8.81 Å². The Hall–Kier alpha value is -2.15. The van der Waals surface area contributed by atoms with Gasteiger partial charge in [0.15, 0.2) is 0 Å². The molecule has 1 rings (SSSR count). The molecule has 0 aliphatic carbocycles. The quantitative estimate of drug-likeness (QED) is 0.561. The minimum Gasteiger partial charge on any atom is -0.444 e. The highest BCUT2D eigenvalue weighted by atomic mass is 19.1. The molecule has 0 aromatic carbocycles. The van der Waals surface area contributed by atoms with Crippen molar-refractivity contribution >= 4 is 5.57 Å². The highest BCUT2D eigenvalue weighted by molar-refractivity contribution is 5.74. The number of rotatable bonds is 3. The minimum absolute atomic E-state index is 0.0784. The lowest BCUT2D eigenvalue weighted by Gasteiger charge is -1.97. The molecule has 0 saturated heterocycles. The number of allylic oxidation sites excluding steroid dienone is 5. The van der Waals surface area contributed by atoms with Gasteiger partial charge in [0.1, 0.15) is 12.1 Å². The van der Waals surface area contributed by atoms with Gasteiger partial charge in [-0.2, -0.15) is 5.26 Å². The molecule has 0 amide bonds. The smallest absolute Gasteiger partial charge is 0.228 e. The van der Waals surface area contributed by atoms with Crippen LogP contribution in [0.15, 0.2) is 47.0 Å². The van der Waals surface area contributed by atoms with Crippen molar-refractivity contribution in [1.29, 1.82) is 5.26 Å². The summed E-state index contributed by atoms with van der Waals surface area (Å²) in [5.74, 6) is -0.579. The average Bonchev–Trinajstić information content (AvgIpc) is 2.72. The Labute approximate surface area is 86.9 Å². The summed E-state index contributed by atoms with van der Waals surface area (Å²) < 4.78 is 18.0. The van der Waals surface area contributed by atoms with Crippen molar-refractivity contribution in [1.82, 2.24) is 4.98 Å². The predicted octanol–water partition coefficient (Wildman–Crippen LogP) is 3.01. The fourth-order valence-corrected chi connectivity index (χ4v) is 0.948. The lowest BCUT2D eigenvalue weighted by atomic mass is 10.1. The fraction of sp³-hybridized carbons (Fsp3) is 0.0909. The van der Waals surface area contributed by atoms with Crippen molar-refractivity contribution in [3.63, 3.8) is 0 Å². The first kappa shape index (κ1) is 10.9. The van der Waals surface area contributed by atoms with Gasteiger partial charge in [0.2, 0.25) is 5.89 Å². The fourth-order valence-electron chi connectivity index (χ4n) is 0.948. The first-order valence-electron chi connectivity index (χ1n) is 4.21. The van der Waals surface area contributed by atoms with Crippen molar-refractivity contribution in [2.24, 2.45) is 0 Å². The van der Waals surface area contributed by atoms with Gasteiger partial charge in [0.05, 0.1) is 17.8 Å². The molecule has 0 N–H and O–H groups in total. The van der Waals surface area contributed by atoms with Gasteiger partial charge in [-0.3, -0.25) is 0 Å². The molecule has 0 unspecified atom stereocenters. The van der Waals surface area contributed by atoms with Gasteiger partial charge in [-0.1, -0.05) is 12.7 Å². The highest BCUT2D eigenvalue weighted by Crippen LogP contribution is 2.22. The zero-order valence-electron chi connectivity index (χ0n) is 8.20.